The van der Waals surface area contributed by atoms with Gasteiger partial charge in [0, 0.05) is 24.0 Å². The molecular weight excluding hydrogens is 331 g/mol. The third kappa shape index (κ3) is 5.49. The summed E-state index contributed by atoms with van der Waals surface area (Å²) in [7, 11) is 0. The molecule has 2 amide bonds. The number of nitrogens with zero attached hydrogens (tertiary/aromatic N) is 2. The standard InChI is InChI=1S/C14H18F3N3O2S/c1-9-7-23-12(18-9)4-2-3-11(21)19-10-5-6-20(13(10)22)8-14(15,16)17/h7,10H,2-6,8H2,1H3,(H,19,21). The van der Waals surface area contributed by atoms with E-state index in [2.05, 4.69) is 10.3 Å². The molecule has 0 aromatic carbocycles. The molecule has 1 saturated heterocycles. The number of rotatable bonds is 6. The van der Waals surface area contributed by atoms with Gasteiger partial charge in [-0.15, -0.1) is 11.3 Å². The van der Waals surface area contributed by atoms with Crippen molar-refractivity contribution in [3.63, 3.8) is 0 Å². The molecule has 1 fully saturated rings. The maximum Gasteiger partial charge on any atom is 0.406 e. The van der Waals surface area contributed by atoms with Gasteiger partial charge in [0.2, 0.25) is 11.8 Å². The lowest BCUT2D eigenvalue weighted by Crippen LogP contribution is -2.43. The van der Waals surface area contributed by atoms with Gasteiger partial charge in [0.25, 0.3) is 0 Å². The second-order valence-corrected chi connectivity index (χ2v) is 6.46. The number of amides is 2. The molecule has 0 aliphatic carbocycles. The van der Waals surface area contributed by atoms with Crippen molar-refractivity contribution in [1.82, 2.24) is 15.2 Å². The summed E-state index contributed by atoms with van der Waals surface area (Å²) in [6, 6.07) is -0.841. The zero-order valence-corrected chi connectivity index (χ0v) is 13.5. The summed E-state index contributed by atoms with van der Waals surface area (Å²) in [6.45, 7) is 0.647. The monoisotopic (exact) mass is 349 g/mol. The zero-order valence-electron chi connectivity index (χ0n) is 12.7. The molecule has 1 aliphatic rings. The van der Waals surface area contributed by atoms with Crippen LogP contribution in [0.5, 0.6) is 0 Å². The van der Waals surface area contributed by atoms with Crippen LogP contribution in [0.25, 0.3) is 0 Å². The van der Waals surface area contributed by atoms with Crippen LogP contribution in [0, 0.1) is 6.92 Å². The normalized spacial score (nSPS) is 18.5. The van der Waals surface area contributed by atoms with E-state index >= 15 is 0 Å². The first kappa shape index (κ1) is 17.7. The van der Waals surface area contributed by atoms with Crippen molar-refractivity contribution in [2.45, 2.75) is 44.8 Å². The molecule has 2 heterocycles. The molecule has 23 heavy (non-hydrogen) atoms. The molecule has 2 rings (SSSR count). The van der Waals surface area contributed by atoms with Crippen molar-refractivity contribution in [1.29, 1.82) is 0 Å². The molecule has 0 saturated carbocycles. The Bertz CT molecular complexity index is 574. The second kappa shape index (κ2) is 7.29. The van der Waals surface area contributed by atoms with Crippen molar-refractivity contribution in [2.24, 2.45) is 0 Å². The molecule has 1 aliphatic heterocycles. The van der Waals surface area contributed by atoms with Gasteiger partial charge < -0.3 is 10.2 Å². The highest BCUT2D eigenvalue weighted by atomic mass is 32.1. The lowest BCUT2D eigenvalue weighted by Gasteiger charge is -2.18. The number of nitrogens with one attached hydrogen (secondary N) is 1. The van der Waals surface area contributed by atoms with Crippen molar-refractivity contribution >= 4 is 23.2 Å². The van der Waals surface area contributed by atoms with Crippen molar-refractivity contribution in [2.75, 3.05) is 13.1 Å². The molecule has 1 aromatic heterocycles. The Kier molecular flexibility index (Phi) is 5.61. The van der Waals surface area contributed by atoms with Crippen molar-refractivity contribution < 1.29 is 22.8 Å². The number of aromatic nitrogens is 1. The molecule has 0 bridgehead atoms. The summed E-state index contributed by atoms with van der Waals surface area (Å²) in [5.74, 6) is -0.975. The van der Waals surface area contributed by atoms with Crippen LogP contribution < -0.4 is 5.32 Å². The van der Waals surface area contributed by atoms with E-state index in [0.717, 1.165) is 15.6 Å². The summed E-state index contributed by atoms with van der Waals surface area (Å²) in [4.78, 5) is 28.7. The molecule has 0 radical (unpaired) electrons. The molecule has 1 aromatic rings. The van der Waals surface area contributed by atoms with Crippen LogP contribution in [0.15, 0.2) is 5.38 Å². The minimum atomic E-state index is -4.42. The van der Waals surface area contributed by atoms with Gasteiger partial charge in [0.15, 0.2) is 0 Å². The number of carbonyl (C=O) groups is 2. The largest absolute Gasteiger partial charge is 0.406 e. The summed E-state index contributed by atoms with van der Waals surface area (Å²) in [6.07, 6.45) is -2.72. The van der Waals surface area contributed by atoms with Crippen LogP contribution in [0.1, 0.15) is 30.0 Å². The minimum absolute atomic E-state index is 0.0156. The van der Waals surface area contributed by atoms with Crippen LogP contribution in [0.3, 0.4) is 0 Å². The molecule has 1 atom stereocenters. The second-order valence-electron chi connectivity index (χ2n) is 5.52. The number of hydrogen-bond acceptors (Lipinski definition) is 4. The topological polar surface area (TPSA) is 62.3 Å². The van der Waals surface area contributed by atoms with Gasteiger partial charge >= 0.3 is 6.18 Å². The first-order valence-electron chi connectivity index (χ1n) is 7.30. The Morgan fingerprint density at radius 1 is 1.52 bits per heavy atom. The fraction of sp³-hybridized carbons (Fsp3) is 0.643. The highest BCUT2D eigenvalue weighted by molar-refractivity contribution is 7.09. The molecule has 1 N–H and O–H groups in total. The highest BCUT2D eigenvalue weighted by Gasteiger charge is 2.39. The Hall–Kier alpha value is -1.64. The zero-order chi connectivity index (χ0) is 17.0. The van der Waals surface area contributed by atoms with E-state index < -0.39 is 24.7 Å². The van der Waals surface area contributed by atoms with Gasteiger partial charge in [-0.2, -0.15) is 13.2 Å². The number of thiazole rings is 1. The third-order valence-corrected chi connectivity index (χ3v) is 4.49. The molecule has 128 valence electrons. The Morgan fingerprint density at radius 2 is 2.26 bits per heavy atom. The summed E-state index contributed by atoms with van der Waals surface area (Å²) >= 11 is 1.53. The van der Waals surface area contributed by atoms with Gasteiger partial charge in [-0.25, -0.2) is 4.98 Å². The maximum atomic E-state index is 12.3. The highest BCUT2D eigenvalue weighted by Crippen LogP contribution is 2.21. The average Bonchev–Trinajstić information content (AvgIpc) is 2.98. The van der Waals surface area contributed by atoms with E-state index in [1.54, 1.807) is 0 Å². The number of carbonyl (C=O) groups excluding carboxylic acids is 2. The Labute approximate surface area is 135 Å². The summed E-state index contributed by atoms with van der Waals surface area (Å²) in [5, 5.41) is 5.40. The van der Waals surface area contributed by atoms with Crippen LogP contribution in [0.2, 0.25) is 0 Å². The quantitative estimate of drug-likeness (QED) is 0.855. The number of aryl methyl sites for hydroxylation is 2. The van der Waals surface area contributed by atoms with Crippen molar-refractivity contribution in [3.05, 3.63) is 16.1 Å². The molecule has 5 nitrogen and oxygen atoms in total. The summed E-state index contributed by atoms with van der Waals surface area (Å²) in [5.41, 5.74) is 0.941. The van der Waals surface area contributed by atoms with Gasteiger partial charge in [-0.3, -0.25) is 9.59 Å². The Balaban J connectivity index is 1.72. The van der Waals surface area contributed by atoms with Gasteiger partial charge in [0.1, 0.15) is 12.6 Å². The average molecular weight is 349 g/mol. The fourth-order valence-electron chi connectivity index (χ4n) is 2.43. The molecular formula is C14H18F3N3O2S. The van der Waals surface area contributed by atoms with E-state index in [1.807, 2.05) is 12.3 Å². The lowest BCUT2D eigenvalue weighted by atomic mass is 10.2. The third-order valence-electron chi connectivity index (χ3n) is 3.46. The van der Waals surface area contributed by atoms with E-state index in [0.29, 0.717) is 12.8 Å². The van der Waals surface area contributed by atoms with Crippen LogP contribution in [0.4, 0.5) is 13.2 Å². The van der Waals surface area contributed by atoms with Crippen LogP contribution >= 0.6 is 11.3 Å². The Morgan fingerprint density at radius 3 is 2.87 bits per heavy atom. The van der Waals surface area contributed by atoms with E-state index in [1.165, 1.54) is 11.3 Å². The van der Waals surface area contributed by atoms with Gasteiger partial charge in [0.05, 0.1) is 5.01 Å². The molecule has 1 unspecified atom stereocenters. The van der Waals surface area contributed by atoms with E-state index in [9.17, 15) is 22.8 Å². The predicted molar refractivity (Wildman–Crippen MR) is 79.0 cm³/mol. The van der Waals surface area contributed by atoms with E-state index in [4.69, 9.17) is 0 Å². The van der Waals surface area contributed by atoms with Gasteiger partial charge in [-0.1, -0.05) is 0 Å². The number of hydrogen-bond donors (Lipinski definition) is 1. The first-order valence-corrected chi connectivity index (χ1v) is 8.18. The van der Waals surface area contributed by atoms with Gasteiger partial charge in [-0.05, 0) is 26.2 Å². The minimum Gasteiger partial charge on any atom is -0.344 e. The smallest absolute Gasteiger partial charge is 0.344 e. The fourth-order valence-corrected chi connectivity index (χ4v) is 3.25. The molecule has 9 heteroatoms. The first-order chi connectivity index (χ1) is 10.7. The van der Waals surface area contributed by atoms with Crippen LogP contribution in [-0.2, 0) is 16.0 Å². The number of alkyl halides is 3. The van der Waals surface area contributed by atoms with Crippen molar-refractivity contribution in [3.8, 4) is 0 Å². The maximum absolute atomic E-state index is 12.3. The lowest BCUT2D eigenvalue weighted by molar-refractivity contribution is -0.158. The number of halogens is 3. The van der Waals surface area contributed by atoms with Crippen LogP contribution in [-0.4, -0.2) is 47.0 Å². The summed E-state index contributed by atoms with van der Waals surface area (Å²) < 4.78 is 36.9. The predicted octanol–water partition coefficient (Wildman–Crippen LogP) is 2.05. The van der Waals surface area contributed by atoms with E-state index in [-0.39, 0.29) is 25.3 Å². The molecule has 0 spiro atoms. The number of likely N-dealkylation sites (tertiary alicyclic amines) is 1. The SMILES string of the molecule is Cc1csc(CCCC(=O)NC2CCN(CC(F)(F)F)C2=O)n1.